The van der Waals surface area contributed by atoms with Gasteiger partial charge < -0.3 is 10.2 Å². The van der Waals surface area contributed by atoms with Crippen LogP contribution in [0.25, 0.3) is 5.69 Å². The number of likely N-dealkylation sites (tertiary alicyclic amines) is 1. The monoisotopic (exact) mass is 406 g/mol. The van der Waals surface area contributed by atoms with E-state index in [1.807, 2.05) is 19.3 Å². The van der Waals surface area contributed by atoms with E-state index in [1.54, 1.807) is 34.1 Å². The zero-order valence-corrected chi connectivity index (χ0v) is 16.7. The van der Waals surface area contributed by atoms with Crippen LogP contribution in [-0.2, 0) is 4.79 Å². The van der Waals surface area contributed by atoms with Crippen LogP contribution in [0.4, 0.5) is 10.2 Å². The normalized spacial score (nSPS) is 21.3. The molecule has 1 N–H and O–H groups in total. The van der Waals surface area contributed by atoms with Gasteiger partial charge in [-0.3, -0.25) is 4.79 Å². The molecular weight excluding hydrogens is 383 g/mol. The number of carbonyl (C=O) groups excluding carboxylic acids is 1. The Hall–Kier alpha value is -3.29. The third-order valence-electron chi connectivity index (χ3n) is 5.89. The maximum absolute atomic E-state index is 13.2. The molecule has 8 heteroatoms. The molecule has 2 aromatic heterocycles. The van der Waals surface area contributed by atoms with Crippen molar-refractivity contribution in [1.82, 2.24) is 24.6 Å². The summed E-state index contributed by atoms with van der Waals surface area (Å²) < 4.78 is 14.9. The number of aromatic nitrogens is 4. The maximum atomic E-state index is 13.2. The number of amides is 1. The number of halogens is 1. The molecule has 1 amide bonds. The summed E-state index contributed by atoms with van der Waals surface area (Å²) >= 11 is 0. The summed E-state index contributed by atoms with van der Waals surface area (Å²) in [5, 5.41) is 7.82. The smallest absolute Gasteiger partial charge is 0.223 e. The summed E-state index contributed by atoms with van der Waals surface area (Å²) in [7, 11) is 1.83. The van der Waals surface area contributed by atoms with Crippen LogP contribution >= 0.6 is 0 Å². The van der Waals surface area contributed by atoms with Crippen LogP contribution in [-0.4, -0.2) is 44.1 Å². The van der Waals surface area contributed by atoms with Crippen molar-refractivity contribution in [3.8, 4) is 5.69 Å². The minimum atomic E-state index is -0.284. The van der Waals surface area contributed by atoms with Crippen LogP contribution in [0.2, 0.25) is 0 Å². The highest BCUT2D eigenvalue weighted by Gasteiger charge is 2.39. The van der Waals surface area contributed by atoms with Crippen molar-refractivity contribution in [2.45, 2.75) is 31.2 Å². The maximum Gasteiger partial charge on any atom is 0.223 e. The average Bonchev–Trinajstić information content (AvgIpc) is 3.43. The minimum Gasteiger partial charge on any atom is -0.370 e. The summed E-state index contributed by atoms with van der Waals surface area (Å²) in [6.45, 7) is 0.629. The van der Waals surface area contributed by atoms with E-state index in [0.29, 0.717) is 18.9 Å². The molecule has 1 aliphatic carbocycles. The van der Waals surface area contributed by atoms with Crippen molar-refractivity contribution in [1.29, 1.82) is 0 Å². The van der Waals surface area contributed by atoms with Gasteiger partial charge in [-0.1, -0.05) is 0 Å². The number of carbonyl (C=O) groups is 1. The third kappa shape index (κ3) is 3.65. The lowest BCUT2D eigenvalue weighted by atomic mass is 9.96. The van der Waals surface area contributed by atoms with E-state index in [2.05, 4.69) is 20.4 Å². The highest BCUT2D eigenvalue weighted by atomic mass is 19.1. The first kappa shape index (κ1) is 18.7. The van der Waals surface area contributed by atoms with Crippen molar-refractivity contribution in [3.63, 3.8) is 0 Å². The second kappa shape index (κ2) is 7.51. The first-order valence-electron chi connectivity index (χ1n) is 10.2. The standard InChI is InChI=1S/C22H23FN6O/c1-28-20(30)10-15(11-25-19-8-9-24-22(27-19)14-2-3-14)21(28)16-12-26-29(13-16)18-6-4-17(23)5-7-18/h4-9,12-15,21H,2-3,10-11H2,1H3,(H,24,25,27)/t15-,21+/m0/s1. The second-order valence-corrected chi connectivity index (χ2v) is 8.06. The summed E-state index contributed by atoms with van der Waals surface area (Å²) in [5.74, 6) is 2.12. The van der Waals surface area contributed by atoms with Crippen molar-refractivity contribution in [2.24, 2.45) is 5.92 Å². The molecule has 2 aliphatic rings. The van der Waals surface area contributed by atoms with Gasteiger partial charge in [0, 0.05) is 49.8 Å². The van der Waals surface area contributed by atoms with Gasteiger partial charge >= 0.3 is 0 Å². The number of benzene rings is 1. The Labute approximate surface area is 174 Å². The topological polar surface area (TPSA) is 75.9 Å². The van der Waals surface area contributed by atoms with E-state index in [-0.39, 0.29) is 23.7 Å². The highest BCUT2D eigenvalue weighted by Crippen LogP contribution is 2.39. The van der Waals surface area contributed by atoms with E-state index in [4.69, 9.17) is 0 Å². The fourth-order valence-corrected chi connectivity index (χ4v) is 4.10. The van der Waals surface area contributed by atoms with Crippen molar-refractivity contribution < 1.29 is 9.18 Å². The van der Waals surface area contributed by atoms with Crippen LogP contribution in [0, 0.1) is 11.7 Å². The van der Waals surface area contributed by atoms with Gasteiger partial charge in [-0.15, -0.1) is 0 Å². The van der Waals surface area contributed by atoms with Gasteiger partial charge in [0.25, 0.3) is 0 Å². The lowest BCUT2D eigenvalue weighted by Gasteiger charge is -2.24. The number of hydrogen-bond acceptors (Lipinski definition) is 5. The molecule has 0 bridgehead atoms. The van der Waals surface area contributed by atoms with Crippen molar-refractivity contribution in [2.75, 3.05) is 18.9 Å². The predicted octanol–water partition coefficient (Wildman–Crippen LogP) is 3.31. The van der Waals surface area contributed by atoms with Gasteiger partial charge in [0.05, 0.1) is 17.9 Å². The first-order valence-corrected chi connectivity index (χ1v) is 10.2. The molecule has 1 saturated carbocycles. The zero-order chi connectivity index (χ0) is 20.7. The van der Waals surface area contributed by atoms with Crippen LogP contribution in [0.5, 0.6) is 0 Å². The predicted molar refractivity (Wildman–Crippen MR) is 110 cm³/mol. The molecule has 154 valence electrons. The summed E-state index contributed by atoms with van der Waals surface area (Å²) in [5.41, 5.74) is 1.73. The molecule has 0 spiro atoms. The number of nitrogens with one attached hydrogen (secondary N) is 1. The Morgan fingerprint density at radius 2 is 2.00 bits per heavy atom. The minimum absolute atomic E-state index is 0.0797. The molecule has 1 aromatic carbocycles. The highest BCUT2D eigenvalue weighted by molar-refractivity contribution is 5.79. The van der Waals surface area contributed by atoms with Crippen LogP contribution < -0.4 is 5.32 Å². The first-order chi connectivity index (χ1) is 14.6. The molecule has 2 fully saturated rings. The van der Waals surface area contributed by atoms with E-state index in [9.17, 15) is 9.18 Å². The van der Waals surface area contributed by atoms with Gasteiger partial charge in [-0.25, -0.2) is 19.0 Å². The molecular formula is C22H23FN6O. The number of anilines is 1. The summed E-state index contributed by atoms with van der Waals surface area (Å²) in [4.78, 5) is 23.2. The van der Waals surface area contributed by atoms with Crippen molar-refractivity contribution in [3.05, 3.63) is 66.1 Å². The molecule has 7 nitrogen and oxygen atoms in total. The largest absolute Gasteiger partial charge is 0.370 e. The quantitative estimate of drug-likeness (QED) is 0.680. The Balaban J connectivity index is 1.33. The molecule has 3 heterocycles. The number of rotatable bonds is 6. The molecule has 0 radical (unpaired) electrons. The van der Waals surface area contributed by atoms with Gasteiger partial charge in [0.15, 0.2) is 0 Å². The third-order valence-corrected chi connectivity index (χ3v) is 5.89. The molecule has 1 aliphatic heterocycles. The fraction of sp³-hybridized carbons (Fsp3) is 0.364. The molecule has 30 heavy (non-hydrogen) atoms. The molecule has 0 unspecified atom stereocenters. The molecule has 3 aromatic rings. The van der Waals surface area contributed by atoms with E-state index >= 15 is 0 Å². The fourth-order valence-electron chi connectivity index (χ4n) is 4.10. The van der Waals surface area contributed by atoms with Gasteiger partial charge in [0.2, 0.25) is 5.91 Å². The molecule has 2 atom stereocenters. The number of hydrogen-bond donors (Lipinski definition) is 1. The average molecular weight is 406 g/mol. The Bertz CT molecular complexity index is 1060. The molecule has 1 saturated heterocycles. The van der Waals surface area contributed by atoms with Gasteiger partial charge in [0.1, 0.15) is 17.5 Å². The Kier molecular flexibility index (Phi) is 4.69. The summed E-state index contributed by atoms with van der Waals surface area (Å²) in [6.07, 6.45) is 8.27. The SMILES string of the molecule is CN1C(=O)C[C@@H](CNc2ccnc(C3CC3)n2)[C@@H]1c1cnn(-c2ccc(F)cc2)c1. The lowest BCUT2D eigenvalue weighted by molar-refractivity contribution is -0.127. The van der Waals surface area contributed by atoms with Crippen molar-refractivity contribution >= 4 is 11.7 Å². The number of nitrogens with zero attached hydrogens (tertiary/aromatic N) is 5. The van der Waals surface area contributed by atoms with E-state index in [1.165, 1.54) is 12.1 Å². The molecule has 5 rings (SSSR count). The Morgan fingerprint density at radius 1 is 1.20 bits per heavy atom. The van der Waals surface area contributed by atoms with E-state index < -0.39 is 0 Å². The van der Waals surface area contributed by atoms with Crippen LogP contribution in [0.1, 0.15) is 42.6 Å². The van der Waals surface area contributed by atoms with Crippen LogP contribution in [0.3, 0.4) is 0 Å². The Morgan fingerprint density at radius 3 is 2.77 bits per heavy atom. The lowest BCUT2D eigenvalue weighted by Crippen LogP contribution is -2.26. The van der Waals surface area contributed by atoms with Crippen LogP contribution in [0.15, 0.2) is 48.9 Å². The second-order valence-electron chi connectivity index (χ2n) is 8.06. The summed E-state index contributed by atoms with van der Waals surface area (Å²) in [6, 6.07) is 7.97. The van der Waals surface area contributed by atoms with E-state index in [0.717, 1.165) is 35.7 Å². The zero-order valence-electron chi connectivity index (χ0n) is 16.7. The van der Waals surface area contributed by atoms with Gasteiger partial charge in [-0.2, -0.15) is 5.10 Å². The van der Waals surface area contributed by atoms with Gasteiger partial charge in [-0.05, 0) is 43.2 Å².